The van der Waals surface area contributed by atoms with Crippen molar-refractivity contribution in [2.45, 2.75) is 13.8 Å². The van der Waals surface area contributed by atoms with Gasteiger partial charge < -0.3 is 10.6 Å². The van der Waals surface area contributed by atoms with Crippen molar-refractivity contribution in [1.29, 1.82) is 0 Å². The van der Waals surface area contributed by atoms with E-state index in [1.54, 1.807) is 6.07 Å². The Morgan fingerprint density at radius 2 is 1.70 bits per heavy atom. The number of non-ortho nitro benzene ring substituents is 1. The van der Waals surface area contributed by atoms with Gasteiger partial charge in [0.15, 0.2) is 0 Å². The molecule has 2 aromatic carbocycles. The highest BCUT2D eigenvalue weighted by Crippen LogP contribution is 2.18. The van der Waals surface area contributed by atoms with E-state index < -0.39 is 16.7 Å². The average molecular weight is 313 g/mol. The number of nitrogens with zero attached hydrogens (tertiary/aromatic N) is 1. The van der Waals surface area contributed by atoms with Crippen LogP contribution in [-0.4, -0.2) is 16.7 Å². The number of rotatable bonds is 3. The smallest absolute Gasteiger partial charge is 0.314 e. The van der Waals surface area contributed by atoms with Crippen LogP contribution >= 0.6 is 0 Å². The molecule has 0 aliphatic rings. The normalized spacial score (nSPS) is 10.0. The molecule has 7 nitrogen and oxygen atoms in total. The molecule has 0 atom stereocenters. The van der Waals surface area contributed by atoms with E-state index in [4.69, 9.17) is 0 Å². The highest BCUT2D eigenvalue weighted by molar-refractivity contribution is 6.43. The fourth-order valence-electron chi connectivity index (χ4n) is 2.02. The Labute approximate surface area is 132 Å². The number of benzene rings is 2. The lowest BCUT2D eigenvalue weighted by Gasteiger charge is -2.09. The Kier molecular flexibility index (Phi) is 4.70. The van der Waals surface area contributed by atoms with Gasteiger partial charge in [0.05, 0.1) is 4.92 Å². The zero-order valence-corrected chi connectivity index (χ0v) is 12.6. The van der Waals surface area contributed by atoms with E-state index in [0.717, 1.165) is 11.1 Å². The SMILES string of the molecule is Cc1ccc(NC(=O)C(=O)Nc2cccc([N+](=O)[O-])c2)c(C)c1. The van der Waals surface area contributed by atoms with Crippen molar-refractivity contribution in [3.05, 3.63) is 63.7 Å². The van der Waals surface area contributed by atoms with Crippen molar-refractivity contribution in [2.75, 3.05) is 10.6 Å². The number of aryl methyl sites for hydroxylation is 2. The molecule has 0 saturated heterocycles. The summed E-state index contributed by atoms with van der Waals surface area (Å²) in [6.45, 7) is 3.74. The molecule has 0 unspecified atom stereocenters. The van der Waals surface area contributed by atoms with Crippen LogP contribution in [0, 0.1) is 24.0 Å². The van der Waals surface area contributed by atoms with Crippen LogP contribution in [0.25, 0.3) is 0 Å². The van der Waals surface area contributed by atoms with Crippen molar-refractivity contribution < 1.29 is 14.5 Å². The number of nitro groups is 1. The van der Waals surface area contributed by atoms with Gasteiger partial charge in [0.1, 0.15) is 0 Å². The van der Waals surface area contributed by atoms with Crippen molar-refractivity contribution in [3.8, 4) is 0 Å². The van der Waals surface area contributed by atoms with Crippen molar-refractivity contribution in [1.82, 2.24) is 0 Å². The second-order valence-corrected chi connectivity index (χ2v) is 5.03. The lowest BCUT2D eigenvalue weighted by molar-refractivity contribution is -0.384. The first kappa shape index (κ1) is 16.2. The van der Waals surface area contributed by atoms with Crippen molar-refractivity contribution >= 4 is 28.9 Å². The molecule has 0 fully saturated rings. The van der Waals surface area contributed by atoms with E-state index in [1.807, 2.05) is 26.0 Å². The fourth-order valence-corrected chi connectivity index (χ4v) is 2.02. The molecule has 0 radical (unpaired) electrons. The van der Waals surface area contributed by atoms with Crippen LogP contribution in [-0.2, 0) is 9.59 Å². The number of nitro benzene ring substituents is 1. The number of carbonyl (C=O) groups is 2. The molecule has 0 aromatic heterocycles. The monoisotopic (exact) mass is 313 g/mol. The first-order valence-electron chi connectivity index (χ1n) is 6.81. The van der Waals surface area contributed by atoms with E-state index in [9.17, 15) is 19.7 Å². The van der Waals surface area contributed by atoms with Gasteiger partial charge in [-0.2, -0.15) is 0 Å². The number of hydrogen-bond acceptors (Lipinski definition) is 4. The number of anilines is 2. The second kappa shape index (κ2) is 6.69. The number of nitrogens with one attached hydrogen (secondary N) is 2. The summed E-state index contributed by atoms with van der Waals surface area (Å²) in [6.07, 6.45) is 0. The van der Waals surface area contributed by atoms with Crippen LogP contribution < -0.4 is 10.6 Å². The van der Waals surface area contributed by atoms with E-state index in [-0.39, 0.29) is 11.4 Å². The molecule has 2 aromatic rings. The van der Waals surface area contributed by atoms with Crippen LogP contribution in [0.5, 0.6) is 0 Å². The molecule has 2 N–H and O–H groups in total. The molecule has 0 saturated carbocycles. The standard InChI is InChI=1S/C16H15N3O4/c1-10-6-7-14(11(2)8-10)18-16(21)15(20)17-12-4-3-5-13(9-12)19(22)23/h3-9H,1-2H3,(H,17,20)(H,18,21). The van der Waals surface area contributed by atoms with Gasteiger partial charge in [0.2, 0.25) is 0 Å². The van der Waals surface area contributed by atoms with E-state index in [0.29, 0.717) is 5.69 Å². The first-order valence-corrected chi connectivity index (χ1v) is 6.81. The summed E-state index contributed by atoms with van der Waals surface area (Å²) in [5.74, 6) is -1.74. The molecule has 0 aliphatic heterocycles. The Balaban J connectivity index is 2.07. The molecule has 7 heteroatoms. The van der Waals surface area contributed by atoms with Crippen molar-refractivity contribution in [2.24, 2.45) is 0 Å². The summed E-state index contributed by atoms with van der Waals surface area (Å²) >= 11 is 0. The molecular weight excluding hydrogens is 298 g/mol. The lowest BCUT2D eigenvalue weighted by atomic mass is 10.1. The van der Waals surface area contributed by atoms with Gasteiger partial charge in [-0.1, -0.05) is 23.8 Å². The minimum Gasteiger partial charge on any atom is -0.318 e. The summed E-state index contributed by atoms with van der Waals surface area (Å²) in [4.78, 5) is 33.9. The summed E-state index contributed by atoms with van der Waals surface area (Å²) in [5.41, 5.74) is 2.43. The number of amides is 2. The third-order valence-corrected chi connectivity index (χ3v) is 3.15. The zero-order chi connectivity index (χ0) is 17.0. The maximum atomic E-state index is 11.9. The van der Waals surface area contributed by atoms with Gasteiger partial charge in [0, 0.05) is 23.5 Å². The van der Waals surface area contributed by atoms with Gasteiger partial charge in [-0.05, 0) is 31.5 Å². The topological polar surface area (TPSA) is 101 Å². The second-order valence-electron chi connectivity index (χ2n) is 5.03. The van der Waals surface area contributed by atoms with E-state index >= 15 is 0 Å². The predicted octanol–water partition coefficient (Wildman–Crippen LogP) is 2.79. The molecule has 2 rings (SSSR count). The summed E-state index contributed by atoms with van der Waals surface area (Å²) in [5, 5.41) is 15.5. The quantitative estimate of drug-likeness (QED) is 0.517. The van der Waals surface area contributed by atoms with E-state index in [2.05, 4.69) is 10.6 Å². The predicted molar refractivity (Wildman–Crippen MR) is 86.3 cm³/mol. The molecular formula is C16H15N3O4. The van der Waals surface area contributed by atoms with Gasteiger partial charge in [-0.3, -0.25) is 19.7 Å². The third kappa shape index (κ3) is 4.13. The Bertz CT molecular complexity index is 787. The largest absolute Gasteiger partial charge is 0.318 e. The maximum Gasteiger partial charge on any atom is 0.314 e. The van der Waals surface area contributed by atoms with Gasteiger partial charge in [-0.25, -0.2) is 0 Å². The summed E-state index contributed by atoms with van der Waals surface area (Å²) in [6, 6.07) is 10.8. The fraction of sp³-hybridized carbons (Fsp3) is 0.125. The Morgan fingerprint density at radius 3 is 2.35 bits per heavy atom. The Hall–Kier alpha value is -3.22. The minimum atomic E-state index is -0.898. The molecule has 23 heavy (non-hydrogen) atoms. The maximum absolute atomic E-state index is 11.9. The molecule has 2 amide bonds. The van der Waals surface area contributed by atoms with Gasteiger partial charge in [-0.15, -0.1) is 0 Å². The summed E-state index contributed by atoms with van der Waals surface area (Å²) in [7, 11) is 0. The van der Waals surface area contributed by atoms with Gasteiger partial charge in [0.25, 0.3) is 5.69 Å². The van der Waals surface area contributed by atoms with Crippen LogP contribution in [0.4, 0.5) is 17.1 Å². The minimum absolute atomic E-state index is 0.169. The van der Waals surface area contributed by atoms with Crippen LogP contribution in [0.3, 0.4) is 0 Å². The van der Waals surface area contributed by atoms with Crippen LogP contribution in [0.15, 0.2) is 42.5 Å². The van der Waals surface area contributed by atoms with Gasteiger partial charge >= 0.3 is 11.8 Å². The highest BCUT2D eigenvalue weighted by atomic mass is 16.6. The Morgan fingerprint density at radius 1 is 1.00 bits per heavy atom. The third-order valence-electron chi connectivity index (χ3n) is 3.15. The number of carbonyl (C=O) groups excluding carboxylic acids is 2. The lowest BCUT2D eigenvalue weighted by Crippen LogP contribution is -2.29. The first-order chi connectivity index (χ1) is 10.9. The van der Waals surface area contributed by atoms with Crippen molar-refractivity contribution in [3.63, 3.8) is 0 Å². The molecule has 0 aliphatic carbocycles. The van der Waals surface area contributed by atoms with Crippen LogP contribution in [0.2, 0.25) is 0 Å². The van der Waals surface area contributed by atoms with Crippen LogP contribution in [0.1, 0.15) is 11.1 Å². The molecule has 0 bridgehead atoms. The van der Waals surface area contributed by atoms with E-state index in [1.165, 1.54) is 24.3 Å². The zero-order valence-electron chi connectivity index (χ0n) is 12.6. The summed E-state index contributed by atoms with van der Waals surface area (Å²) < 4.78 is 0. The highest BCUT2D eigenvalue weighted by Gasteiger charge is 2.16. The molecule has 0 heterocycles. The number of hydrogen-bond donors (Lipinski definition) is 2. The molecule has 0 spiro atoms. The molecule has 118 valence electrons. The average Bonchev–Trinajstić information content (AvgIpc) is 2.50.